The number of likely N-dealkylation sites (tertiary alicyclic amines) is 1. The van der Waals surface area contributed by atoms with Crippen LogP contribution >= 0.6 is 0 Å². The summed E-state index contributed by atoms with van der Waals surface area (Å²) in [6.07, 6.45) is 5.82. The van der Waals surface area contributed by atoms with Crippen molar-refractivity contribution in [2.75, 3.05) is 20.2 Å². The van der Waals surface area contributed by atoms with Crippen molar-refractivity contribution in [3.05, 3.63) is 0 Å². The lowest BCUT2D eigenvalue weighted by Crippen LogP contribution is -2.31. The normalized spacial score (nSPS) is 40.1. The van der Waals surface area contributed by atoms with Crippen LogP contribution in [-0.2, 0) is 4.74 Å². The summed E-state index contributed by atoms with van der Waals surface area (Å²) in [6.45, 7) is 2.21. The first-order valence-corrected chi connectivity index (χ1v) is 4.70. The average molecular weight is 155 g/mol. The molecule has 11 heavy (non-hydrogen) atoms. The molecule has 0 aromatic rings. The van der Waals surface area contributed by atoms with E-state index < -0.39 is 0 Å². The molecule has 0 bridgehead atoms. The zero-order valence-corrected chi connectivity index (χ0v) is 7.25. The van der Waals surface area contributed by atoms with E-state index in [0.717, 1.165) is 12.5 Å². The lowest BCUT2D eigenvalue weighted by molar-refractivity contribution is -0.0392. The van der Waals surface area contributed by atoms with Crippen LogP contribution in [0.3, 0.4) is 0 Å². The maximum Gasteiger partial charge on any atom is 0.113 e. The highest BCUT2D eigenvalue weighted by molar-refractivity contribution is 4.80. The fourth-order valence-electron chi connectivity index (χ4n) is 2.26. The Morgan fingerprint density at radius 3 is 3.09 bits per heavy atom. The standard InChI is InChI=1S/C9H17NO/c1-10-6-5-8-4-2-3-7-11-9(8)10/h8-9H,2-7H2,1H3. The Morgan fingerprint density at radius 2 is 2.18 bits per heavy atom. The van der Waals surface area contributed by atoms with Crippen LogP contribution in [-0.4, -0.2) is 31.3 Å². The zero-order chi connectivity index (χ0) is 7.68. The topological polar surface area (TPSA) is 12.5 Å². The molecule has 2 heteroatoms. The molecule has 2 aliphatic heterocycles. The SMILES string of the molecule is CN1CCC2CCCCOC21. The van der Waals surface area contributed by atoms with Gasteiger partial charge in [0.15, 0.2) is 0 Å². The van der Waals surface area contributed by atoms with Crippen LogP contribution in [0.25, 0.3) is 0 Å². The molecule has 2 rings (SSSR count). The van der Waals surface area contributed by atoms with Gasteiger partial charge in [-0.25, -0.2) is 0 Å². The van der Waals surface area contributed by atoms with Gasteiger partial charge in [-0.05, 0) is 32.2 Å². The molecule has 2 heterocycles. The van der Waals surface area contributed by atoms with Crippen molar-refractivity contribution in [3.63, 3.8) is 0 Å². The highest BCUT2D eigenvalue weighted by atomic mass is 16.5. The van der Waals surface area contributed by atoms with Gasteiger partial charge in [-0.3, -0.25) is 4.90 Å². The number of hydrogen-bond donors (Lipinski definition) is 0. The van der Waals surface area contributed by atoms with Gasteiger partial charge in [-0.2, -0.15) is 0 Å². The van der Waals surface area contributed by atoms with Gasteiger partial charge in [0.2, 0.25) is 0 Å². The van der Waals surface area contributed by atoms with Gasteiger partial charge < -0.3 is 4.74 Å². The molecule has 2 saturated heterocycles. The Labute approximate surface area is 68.5 Å². The van der Waals surface area contributed by atoms with E-state index in [1.165, 1.54) is 32.2 Å². The lowest BCUT2D eigenvalue weighted by atomic mass is 10.0. The zero-order valence-electron chi connectivity index (χ0n) is 7.25. The minimum atomic E-state index is 0.456. The number of rotatable bonds is 0. The Balaban J connectivity index is 2.00. The third-order valence-electron chi connectivity index (χ3n) is 2.95. The van der Waals surface area contributed by atoms with Crippen molar-refractivity contribution >= 4 is 0 Å². The molecule has 0 radical (unpaired) electrons. The van der Waals surface area contributed by atoms with E-state index in [4.69, 9.17) is 4.74 Å². The second-order valence-electron chi connectivity index (χ2n) is 3.79. The summed E-state index contributed by atoms with van der Waals surface area (Å²) in [5.41, 5.74) is 0. The van der Waals surface area contributed by atoms with Crippen LogP contribution in [0.5, 0.6) is 0 Å². The van der Waals surface area contributed by atoms with E-state index in [0.29, 0.717) is 6.23 Å². The third kappa shape index (κ3) is 1.42. The highest BCUT2D eigenvalue weighted by Crippen LogP contribution is 2.30. The first kappa shape index (κ1) is 7.56. The molecular weight excluding hydrogens is 138 g/mol. The molecular formula is C9H17NO. The van der Waals surface area contributed by atoms with Gasteiger partial charge in [0.1, 0.15) is 6.23 Å². The number of hydrogen-bond acceptors (Lipinski definition) is 2. The Morgan fingerprint density at radius 1 is 1.27 bits per heavy atom. The summed E-state index contributed by atoms with van der Waals surface area (Å²) in [5.74, 6) is 0.836. The van der Waals surface area contributed by atoms with Crippen LogP contribution in [0.1, 0.15) is 25.7 Å². The van der Waals surface area contributed by atoms with Crippen molar-refractivity contribution in [2.45, 2.75) is 31.9 Å². The predicted octanol–water partition coefficient (Wildman–Crippen LogP) is 1.46. The van der Waals surface area contributed by atoms with Crippen LogP contribution in [0.2, 0.25) is 0 Å². The maximum absolute atomic E-state index is 5.77. The van der Waals surface area contributed by atoms with E-state index >= 15 is 0 Å². The summed E-state index contributed by atoms with van der Waals surface area (Å²) in [5, 5.41) is 0. The Kier molecular flexibility index (Phi) is 2.14. The van der Waals surface area contributed by atoms with Gasteiger partial charge in [0.05, 0.1) is 0 Å². The Bertz CT molecular complexity index is 138. The van der Waals surface area contributed by atoms with Gasteiger partial charge in [0, 0.05) is 13.2 Å². The molecule has 0 N–H and O–H groups in total. The van der Waals surface area contributed by atoms with Gasteiger partial charge in [-0.15, -0.1) is 0 Å². The summed E-state index contributed by atoms with van der Waals surface area (Å²) in [7, 11) is 2.18. The summed E-state index contributed by atoms with van der Waals surface area (Å²) >= 11 is 0. The van der Waals surface area contributed by atoms with Crippen LogP contribution in [0, 0.1) is 5.92 Å². The monoisotopic (exact) mass is 155 g/mol. The number of fused-ring (bicyclic) bond motifs is 1. The van der Waals surface area contributed by atoms with E-state index in [2.05, 4.69) is 11.9 Å². The molecule has 0 aliphatic carbocycles. The predicted molar refractivity (Wildman–Crippen MR) is 44.3 cm³/mol. The highest BCUT2D eigenvalue weighted by Gasteiger charge is 2.33. The molecule has 0 saturated carbocycles. The average Bonchev–Trinajstić information content (AvgIpc) is 2.25. The van der Waals surface area contributed by atoms with Crippen molar-refractivity contribution in [3.8, 4) is 0 Å². The third-order valence-corrected chi connectivity index (χ3v) is 2.95. The fraction of sp³-hybridized carbons (Fsp3) is 1.00. The van der Waals surface area contributed by atoms with E-state index in [-0.39, 0.29) is 0 Å². The Hall–Kier alpha value is -0.0800. The van der Waals surface area contributed by atoms with Gasteiger partial charge in [0.25, 0.3) is 0 Å². The lowest BCUT2D eigenvalue weighted by Gasteiger charge is -2.22. The van der Waals surface area contributed by atoms with E-state index in [1.54, 1.807) is 0 Å². The fourth-order valence-corrected chi connectivity index (χ4v) is 2.26. The molecule has 0 aromatic carbocycles. The molecule has 2 unspecified atom stereocenters. The van der Waals surface area contributed by atoms with Crippen LogP contribution in [0.15, 0.2) is 0 Å². The summed E-state index contributed by atoms with van der Waals surface area (Å²) in [4.78, 5) is 2.36. The van der Waals surface area contributed by atoms with Crippen molar-refractivity contribution in [1.29, 1.82) is 0 Å². The quantitative estimate of drug-likeness (QED) is 0.525. The second kappa shape index (κ2) is 3.11. The summed E-state index contributed by atoms with van der Waals surface area (Å²) < 4.78 is 5.77. The minimum Gasteiger partial charge on any atom is -0.363 e. The van der Waals surface area contributed by atoms with Crippen molar-refractivity contribution in [2.24, 2.45) is 5.92 Å². The van der Waals surface area contributed by atoms with Crippen molar-refractivity contribution < 1.29 is 4.74 Å². The molecule has 64 valence electrons. The van der Waals surface area contributed by atoms with Gasteiger partial charge in [-0.1, -0.05) is 6.42 Å². The van der Waals surface area contributed by atoms with Crippen molar-refractivity contribution in [1.82, 2.24) is 4.90 Å². The molecule has 0 amide bonds. The molecule has 0 aromatic heterocycles. The summed E-state index contributed by atoms with van der Waals surface area (Å²) in [6, 6.07) is 0. The molecule has 2 nitrogen and oxygen atoms in total. The molecule has 0 spiro atoms. The van der Waals surface area contributed by atoms with E-state index in [1.807, 2.05) is 0 Å². The van der Waals surface area contributed by atoms with E-state index in [9.17, 15) is 0 Å². The van der Waals surface area contributed by atoms with Crippen LogP contribution < -0.4 is 0 Å². The first-order valence-electron chi connectivity index (χ1n) is 4.70. The minimum absolute atomic E-state index is 0.456. The number of ether oxygens (including phenoxy) is 1. The number of nitrogens with zero attached hydrogens (tertiary/aromatic N) is 1. The van der Waals surface area contributed by atoms with Crippen LogP contribution in [0.4, 0.5) is 0 Å². The molecule has 2 fully saturated rings. The molecule has 2 atom stereocenters. The first-order chi connectivity index (χ1) is 5.38. The second-order valence-corrected chi connectivity index (χ2v) is 3.79. The molecule has 2 aliphatic rings. The maximum atomic E-state index is 5.77. The largest absolute Gasteiger partial charge is 0.363 e. The van der Waals surface area contributed by atoms with Gasteiger partial charge >= 0.3 is 0 Å². The smallest absolute Gasteiger partial charge is 0.113 e.